The number of piperidine rings is 1. The Labute approximate surface area is 243 Å². The summed E-state index contributed by atoms with van der Waals surface area (Å²) >= 11 is 0. The van der Waals surface area contributed by atoms with Gasteiger partial charge in [-0.15, -0.1) is 0 Å². The number of likely N-dealkylation sites (tertiary alicyclic amines) is 1. The molecule has 0 atom stereocenters. The number of methoxy groups -OCH3 is 1. The van der Waals surface area contributed by atoms with Crippen molar-refractivity contribution in [1.82, 2.24) is 15.4 Å². The Morgan fingerprint density at radius 1 is 1.05 bits per heavy atom. The maximum absolute atomic E-state index is 12.6. The first-order valence-electron chi connectivity index (χ1n) is 13.7. The third-order valence-electron chi connectivity index (χ3n) is 7.30. The number of aromatic nitrogens is 1. The Kier molecular flexibility index (Phi) is 8.92. The molecule has 1 fully saturated rings. The number of nitrogens with zero attached hydrogens (tertiary/aromatic N) is 3. The number of nitrogens with one attached hydrogen (secondary N) is 2. The van der Waals surface area contributed by atoms with E-state index in [1.54, 1.807) is 42.5 Å². The number of hydrogen-bond acceptors (Lipinski definition) is 8. The zero-order chi connectivity index (χ0) is 29.5. The van der Waals surface area contributed by atoms with E-state index in [-0.39, 0.29) is 17.7 Å². The first-order chi connectivity index (χ1) is 20.5. The van der Waals surface area contributed by atoms with Crippen LogP contribution in [0.15, 0.2) is 77.8 Å². The number of carbonyl (C=O) groups is 2. The van der Waals surface area contributed by atoms with Crippen LogP contribution in [0.2, 0.25) is 0 Å². The average molecular weight is 566 g/mol. The average Bonchev–Trinajstić information content (AvgIpc) is 3.36. The number of fused-ring (bicyclic) bond motifs is 1. The lowest BCUT2D eigenvalue weighted by molar-refractivity contribution is 0.0197. The molecule has 3 aromatic carbocycles. The van der Waals surface area contributed by atoms with Gasteiger partial charge in [0.2, 0.25) is 0 Å². The van der Waals surface area contributed by atoms with Gasteiger partial charge in [-0.05, 0) is 62.3 Å². The van der Waals surface area contributed by atoms with Gasteiger partial charge in [-0.3, -0.25) is 9.63 Å². The van der Waals surface area contributed by atoms with Gasteiger partial charge >= 0.3 is 5.97 Å². The SMILES string of the molecule is COC(=O)c1ccc2c(C(=Nc3ccc(C(=O)NOCCN4CCC(C#N)CC4)cc3)c3ccccc3)c(O)[nH]c2c1. The molecule has 0 spiro atoms. The molecule has 0 aliphatic carbocycles. The molecule has 4 aromatic rings. The normalized spacial score (nSPS) is 14.4. The summed E-state index contributed by atoms with van der Waals surface area (Å²) in [6.45, 7) is 2.74. The number of benzene rings is 3. The lowest BCUT2D eigenvalue weighted by Gasteiger charge is -2.28. The third-order valence-corrected chi connectivity index (χ3v) is 7.30. The third kappa shape index (κ3) is 6.49. The van der Waals surface area contributed by atoms with Crippen molar-refractivity contribution in [2.45, 2.75) is 12.8 Å². The molecule has 1 aliphatic heterocycles. The van der Waals surface area contributed by atoms with Crippen molar-refractivity contribution in [3.63, 3.8) is 0 Å². The van der Waals surface area contributed by atoms with Crippen LogP contribution in [0.3, 0.4) is 0 Å². The predicted octanol–water partition coefficient (Wildman–Crippen LogP) is 4.73. The van der Waals surface area contributed by atoms with Gasteiger partial charge in [0, 0.05) is 34.5 Å². The summed E-state index contributed by atoms with van der Waals surface area (Å²) in [6, 6.07) is 23.5. The highest BCUT2D eigenvalue weighted by Gasteiger charge is 2.21. The molecule has 42 heavy (non-hydrogen) atoms. The molecule has 0 bridgehead atoms. The highest BCUT2D eigenvalue weighted by Crippen LogP contribution is 2.32. The summed E-state index contributed by atoms with van der Waals surface area (Å²) in [7, 11) is 1.32. The maximum Gasteiger partial charge on any atom is 0.337 e. The fourth-order valence-corrected chi connectivity index (χ4v) is 4.98. The molecular formula is C32H31N5O5. The molecule has 1 aliphatic rings. The number of carbonyl (C=O) groups excluding carboxylic acids is 2. The number of hydroxylamine groups is 1. The van der Waals surface area contributed by atoms with Crippen LogP contribution in [-0.2, 0) is 9.57 Å². The van der Waals surface area contributed by atoms with Crippen molar-refractivity contribution < 1.29 is 24.3 Å². The second-order valence-electron chi connectivity index (χ2n) is 10.00. The zero-order valence-corrected chi connectivity index (χ0v) is 23.2. The van der Waals surface area contributed by atoms with E-state index in [1.807, 2.05) is 30.3 Å². The molecule has 0 radical (unpaired) electrons. The van der Waals surface area contributed by atoms with Crippen LogP contribution in [0.4, 0.5) is 5.69 Å². The first kappa shape index (κ1) is 28.5. The predicted molar refractivity (Wildman–Crippen MR) is 158 cm³/mol. The molecule has 1 saturated heterocycles. The van der Waals surface area contributed by atoms with Gasteiger partial charge in [0.25, 0.3) is 5.91 Å². The number of ether oxygens (including phenoxy) is 1. The monoisotopic (exact) mass is 565 g/mol. The van der Waals surface area contributed by atoms with Crippen molar-refractivity contribution in [2.75, 3.05) is 33.4 Å². The van der Waals surface area contributed by atoms with Crippen molar-refractivity contribution >= 4 is 34.2 Å². The van der Waals surface area contributed by atoms with Gasteiger partial charge in [0.15, 0.2) is 5.88 Å². The standard InChI is InChI=1S/C32H31N5O5/c1-41-32(40)24-9-12-26-27(19-24)35-31(39)28(26)29(22-5-3-2-4-6-22)34-25-10-7-23(8-11-25)30(38)36-42-18-17-37-15-13-21(20-33)14-16-37/h2-12,19,21,35,39H,13-18H2,1H3,(H,36,38). The number of nitriles is 1. The van der Waals surface area contributed by atoms with Crippen molar-refractivity contribution in [3.05, 3.63) is 95.1 Å². The highest BCUT2D eigenvalue weighted by atomic mass is 16.7. The molecule has 0 unspecified atom stereocenters. The topological polar surface area (TPSA) is 140 Å². The fraction of sp³-hybridized carbons (Fsp3) is 0.250. The summed E-state index contributed by atoms with van der Waals surface area (Å²) < 4.78 is 4.82. The van der Waals surface area contributed by atoms with Crippen LogP contribution < -0.4 is 5.48 Å². The largest absolute Gasteiger partial charge is 0.494 e. The number of H-pyrrole nitrogens is 1. The number of aromatic amines is 1. The number of hydrogen-bond donors (Lipinski definition) is 3. The van der Waals surface area contributed by atoms with Gasteiger partial charge in [-0.1, -0.05) is 36.4 Å². The Morgan fingerprint density at radius 2 is 1.76 bits per heavy atom. The van der Waals surface area contributed by atoms with Gasteiger partial charge in [0.1, 0.15) is 0 Å². The molecule has 10 heteroatoms. The highest BCUT2D eigenvalue weighted by molar-refractivity contribution is 6.22. The Balaban J connectivity index is 1.31. The minimum atomic E-state index is -0.476. The van der Waals surface area contributed by atoms with E-state index >= 15 is 0 Å². The number of aromatic hydroxyl groups is 1. The van der Waals surface area contributed by atoms with Gasteiger partial charge in [0.05, 0.1) is 42.3 Å². The summed E-state index contributed by atoms with van der Waals surface area (Å²) in [5.74, 6) is -0.798. The minimum absolute atomic E-state index is 0.0859. The first-order valence-corrected chi connectivity index (χ1v) is 13.7. The molecular weight excluding hydrogens is 534 g/mol. The van der Waals surface area contributed by atoms with Crippen LogP contribution in [0.25, 0.3) is 10.9 Å². The van der Waals surface area contributed by atoms with Gasteiger partial charge < -0.3 is 19.7 Å². The molecule has 10 nitrogen and oxygen atoms in total. The van der Waals surface area contributed by atoms with Gasteiger partial charge in [-0.2, -0.15) is 5.26 Å². The van der Waals surface area contributed by atoms with E-state index < -0.39 is 5.97 Å². The van der Waals surface area contributed by atoms with Crippen LogP contribution in [-0.4, -0.2) is 65.9 Å². The Hall–Kier alpha value is -4.98. The van der Waals surface area contributed by atoms with E-state index in [0.717, 1.165) is 31.5 Å². The van der Waals surface area contributed by atoms with Crippen LogP contribution >= 0.6 is 0 Å². The zero-order valence-electron chi connectivity index (χ0n) is 23.2. The van der Waals surface area contributed by atoms with Crippen LogP contribution in [0, 0.1) is 17.2 Å². The van der Waals surface area contributed by atoms with E-state index in [4.69, 9.17) is 19.8 Å². The molecule has 5 rings (SSSR count). The number of amides is 1. The Bertz CT molecular complexity index is 1630. The summed E-state index contributed by atoms with van der Waals surface area (Å²) in [5.41, 5.74) is 6.17. The lowest BCUT2D eigenvalue weighted by atomic mass is 9.99. The molecule has 2 heterocycles. The summed E-state index contributed by atoms with van der Waals surface area (Å²) in [5, 5.41) is 20.6. The molecule has 1 aromatic heterocycles. The number of esters is 1. The van der Waals surface area contributed by atoms with Crippen molar-refractivity contribution in [1.29, 1.82) is 5.26 Å². The molecule has 0 saturated carbocycles. The molecule has 214 valence electrons. The van der Waals surface area contributed by atoms with Gasteiger partial charge in [-0.25, -0.2) is 15.3 Å². The maximum atomic E-state index is 12.6. The quantitative estimate of drug-likeness (QED) is 0.115. The molecule has 3 N–H and O–H groups in total. The lowest BCUT2D eigenvalue weighted by Crippen LogP contribution is -2.37. The smallest absolute Gasteiger partial charge is 0.337 e. The summed E-state index contributed by atoms with van der Waals surface area (Å²) in [6.07, 6.45) is 1.72. The number of aliphatic imine (C=N–C) groups is 1. The number of rotatable bonds is 9. The van der Waals surface area contributed by atoms with Crippen LogP contribution in [0.5, 0.6) is 5.88 Å². The van der Waals surface area contributed by atoms with E-state index in [9.17, 15) is 14.7 Å². The second-order valence-corrected chi connectivity index (χ2v) is 10.00. The van der Waals surface area contributed by atoms with E-state index in [0.29, 0.717) is 52.1 Å². The van der Waals surface area contributed by atoms with Crippen LogP contribution in [0.1, 0.15) is 44.7 Å². The van der Waals surface area contributed by atoms with Crippen molar-refractivity contribution in [2.24, 2.45) is 10.9 Å². The Morgan fingerprint density at radius 3 is 2.45 bits per heavy atom. The van der Waals surface area contributed by atoms with E-state index in [2.05, 4.69) is 21.4 Å². The second kappa shape index (κ2) is 13.1. The van der Waals surface area contributed by atoms with E-state index in [1.165, 1.54) is 7.11 Å². The fourth-order valence-electron chi connectivity index (χ4n) is 4.98. The molecule has 1 amide bonds. The summed E-state index contributed by atoms with van der Waals surface area (Å²) in [4.78, 5) is 40.0. The van der Waals surface area contributed by atoms with Crippen molar-refractivity contribution in [3.8, 4) is 11.9 Å². The minimum Gasteiger partial charge on any atom is -0.494 e.